The molecule has 0 bridgehead atoms. The predicted octanol–water partition coefficient (Wildman–Crippen LogP) is 3.71. The van der Waals surface area contributed by atoms with Crippen molar-refractivity contribution >= 4 is 11.7 Å². The van der Waals surface area contributed by atoms with Crippen LogP contribution in [0.1, 0.15) is 37.6 Å². The van der Waals surface area contributed by atoms with E-state index >= 15 is 0 Å². The first kappa shape index (κ1) is 14.6. The fraction of sp³-hybridized carbons (Fsp3) is 0.438. The van der Waals surface area contributed by atoms with Crippen LogP contribution in [0.5, 0.6) is 0 Å². The van der Waals surface area contributed by atoms with Crippen LogP contribution < -0.4 is 4.90 Å². The summed E-state index contributed by atoms with van der Waals surface area (Å²) < 4.78 is 13.2. The van der Waals surface area contributed by atoms with Crippen LogP contribution in [0.4, 0.5) is 10.1 Å². The van der Waals surface area contributed by atoms with Crippen molar-refractivity contribution in [2.45, 2.75) is 27.2 Å². The molecule has 0 saturated heterocycles. The quantitative estimate of drug-likeness (QED) is 0.838. The van der Waals surface area contributed by atoms with Crippen molar-refractivity contribution in [3.8, 4) is 0 Å². The van der Waals surface area contributed by atoms with Crippen molar-refractivity contribution in [1.82, 2.24) is 0 Å². The number of hydrogen-bond acceptors (Lipinski definition) is 2. The number of nitrogens with zero attached hydrogens (tertiary/aromatic N) is 1. The molecule has 1 aliphatic rings. The molecular weight excluding hydrogens is 257 g/mol. The van der Waals surface area contributed by atoms with Gasteiger partial charge in [-0.05, 0) is 30.0 Å². The molecule has 0 radical (unpaired) electrons. The van der Waals surface area contributed by atoms with E-state index in [-0.39, 0.29) is 11.0 Å². The number of carboxylic acids is 1. The van der Waals surface area contributed by atoms with Gasteiger partial charge in [-0.3, -0.25) is 0 Å². The van der Waals surface area contributed by atoms with E-state index < -0.39 is 11.8 Å². The van der Waals surface area contributed by atoms with E-state index in [1.807, 2.05) is 4.90 Å². The highest BCUT2D eigenvalue weighted by atomic mass is 19.1. The van der Waals surface area contributed by atoms with Gasteiger partial charge in [-0.25, -0.2) is 9.18 Å². The Bertz CT molecular complexity index is 558. The molecule has 0 aromatic heterocycles. The molecule has 20 heavy (non-hydrogen) atoms. The lowest BCUT2D eigenvalue weighted by Crippen LogP contribution is -2.32. The second-order valence-electron chi connectivity index (χ2n) is 6.14. The molecule has 1 aliphatic heterocycles. The van der Waals surface area contributed by atoms with Crippen molar-refractivity contribution in [3.63, 3.8) is 0 Å². The minimum Gasteiger partial charge on any atom is -0.478 e. The second-order valence-corrected chi connectivity index (χ2v) is 6.14. The highest BCUT2D eigenvalue weighted by Crippen LogP contribution is 2.32. The van der Waals surface area contributed by atoms with Crippen molar-refractivity contribution in [2.75, 3.05) is 18.0 Å². The first-order valence-electron chi connectivity index (χ1n) is 6.76. The van der Waals surface area contributed by atoms with Crippen molar-refractivity contribution < 1.29 is 14.3 Å². The SMILES string of the molecule is CC(C)(C)C1=CCN(c2ccc(F)cc2C(=O)O)CC1. The highest BCUT2D eigenvalue weighted by Gasteiger charge is 2.23. The fourth-order valence-corrected chi connectivity index (χ4v) is 2.52. The number of rotatable bonds is 2. The van der Waals surface area contributed by atoms with E-state index in [9.17, 15) is 14.3 Å². The summed E-state index contributed by atoms with van der Waals surface area (Å²) in [7, 11) is 0. The molecule has 0 aliphatic carbocycles. The van der Waals surface area contributed by atoms with Crippen LogP contribution in [0, 0.1) is 11.2 Å². The molecule has 0 atom stereocenters. The lowest BCUT2D eigenvalue weighted by molar-refractivity contribution is 0.0697. The second kappa shape index (κ2) is 5.27. The molecule has 108 valence electrons. The van der Waals surface area contributed by atoms with Crippen LogP contribution in [0.15, 0.2) is 29.8 Å². The summed E-state index contributed by atoms with van der Waals surface area (Å²) in [5.74, 6) is -1.61. The minimum atomic E-state index is -1.09. The van der Waals surface area contributed by atoms with E-state index in [0.717, 1.165) is 19.0 Å². The van der Waals surface area contributed by atoms with Gasteiger partial charge < -0.3 is 10.0 Å². The van der Waals surface area contributed by atoms with Gasteiger partial charge in [0.1, 0.15) is 5.82 Å². The Labute approximate surface area is 118 Å². The van der Waals surface area contributed by atoms with Gasteiger partial charge in [-0.1, -0.05) is 32.4 Å². The number of aromatic carboxylic acids is 1. The van der Waals surface area contributed by atoms with Crippen LogP contribution in [0.25, 0.3) is 0 Å². The molecule has 0 saturated carbocycles. The summed E-state index contributed by atoms with van der Waals surface area (Å²) in [5.41, 5.74) is 2.14. The lowest BCUT2D eigenvalue weighted by Gasteiger charge is -2.34. The monoisotopic (exact) mass is 277 g/mol. The molecule has 4 heteroatoms. The molecular formula is C16H20FNO2. The Balaban J connectivity index is 2.27. The van der Waals surface area contributed by atoms with E-state index in [4.69, 9.17) is 0 Å². The van der Waals surface area contributed by atoms with Crippen molar-refractivity contribution in [1.29, 1.82) is 0 Å². The minimum absolute atomic E-state index is 0.0256. The van der Waals surface area contributed by atoms with Gasteiger partial charge in [-0.2, -0.15) is 0 Å². The van der Waals surface area contributed by atoms with Gasteiger partial charge >= 0.3 is 5.97 Å². The van der Waals surface area contributed by atoms with E-state index in [2.05, 4.69) is 26.8 Å². The molecule has 1 N–H and O–H groups in total. The maximum Gasteiger partial charge on any atom is 0.337 e. The Morgan fingerprint density at radius 3 is 2.55 bits per heavy atom. The summed E-state index contributed by atoms with van der Waals surface area (Å²) in [4.78, 5) is 13.2. The number of halogens is 1. The van der Waals surface area contributed by atoms with Crippen LogP contribution >= 0.6 is 0 Å². The molecule has 0 spiro atoms. The Kier molecular flexibility index (Phi) is 3.84. The maximum atomic E-state index is 13.2. The maximum absolute atomic E-state index is 13.2. The third-order valence-electron chi connectivity index (χ3n) is 3.70. The zero-order valence-corrected chi connectivity index (χ0v) is 12.1. The zero-order chi connectivity index (χ0) is 14.9. The molecule has 0 fully saturated rings. The molecule has 1 heterocycles. The van der Waals surface area contributed by atoms with Gasteiger partial charge in [0.25, 0.3) is 0 Å². The van der Waals surface area contributed by atoms with Gasteiger partial charge in [0.05, 0.1) is 11.3 Å². The summed E-state index contributed by atoms with van der Waals surface area (Å²) in [6, 6.07) is 3.94. The molecule has 1 aromatic carbocycles. The van der Waals surface area contributed by atoms with E-state index in [0.29, 0.717) is 12.2 Å². The Hall–Kier alpha value is -1.84. The normalized spacial score (nSPS) is 16.0. The van der Waals surface area contributed by atoms with E-state index in [1.165, 1.54) is 11.6 Å². The topological polar surface area (TPSA) is 40.5 Å². The number of hydrogen-bond donors (Lipinski definition) is 1. The Morgan fingerprint density at radius 1 is 1.35 bits per heavy atom. The average molecular weight is 277 g/mol. The molecule has 1 aromatic rings. The van der Waals surface area contributed by atoms with Crippen LogP contribution in [-0.2, 0) is 0 Å². The molecule has 0 unspecified atom stereocenters. The first-order chi connectivity index (χ1) is 9.29. The average Bonchev–Trinajstić information content (AvgIpc) is 2.37. The summed E-state index contributed by atoms with van der Waals surface area (Å²) in [5, 5.41) is 9.19. The number of benzene rings is 1. The predicted molar refractivity (Wildman–Crippen MR) is 77.7 cm³/mol. The summed E-state index contributed by atoms with van der Waals surface area (Å²) in [6.07, 6.45) is 3.05. The van der Waals surface area contributed by atoms with Crippen LogP contribution in [-0.4, -0.2) is 24.2 Å². The fourth-order valence-electron chi connectivity index (χ4n) is 2.52. The molecule has 2 rings (SSSR count). The lowest BCUT2D eigenvalue weighted by atomic mass is 9.83. The highest BCUT2D eigenvalue weighted by molar-refractivity contribution is 5.94. The molecule has 0 amide bonds. The van der Waals surface area contributed by atoms with Gasteiger partial charge in [0.15, 0.2) is 0 Å². The Morgan fingerprint density at radius 2 is 2.05 bits per heavy atom. The summed E-state index contributed by atoms with van der Waals surface area (Å²) in [6.45, 7) is 7.95. The van der Waals surface area contributed by atoms with Crippen LogP contribution in [0.3, 0.4) is 0 Å². The van der Waals surface area contributed by atoms with Crippen LogP contribution in [0.2, 0.25) is 0 Å². The van der Waals surface area contributed by atoms with Gasteiger partial charge in [0, 0.05) is 13.1 Å². The zero-order valence-electron chi connectivity index (χ0n) is 12.1. The number of carboxylic acid groups (broad SMARTS) is 1. The van der Waals surface area contributed by atoms with Crippen molar-refractivity contribution in [3.05, 3.63) is 41.2 Å². The number of anilines is 1. The third-order valence-corrected chi connectivity index (χ3v) is 3.70. The van der Waals surface area contributed by atoms with Gasteiger partial charge in [0.2, 0.25) is 0 Å². The summed E-state index contributed by atoms with van der Waals surface area (Å²) >= 11 is 0. The smallest absolute Gasteiger partial charge is 0.337 e. The van der Waals surface area contributed by atoms with Gasteiger partial charge in [-0.15, -0.1) is 0 Å². The first-order valence-corrected chi connectivity index (χ1v) is 6.76. The number of carbonyl (C=O) groups is 1. The third kappa shape index (κ3) is 3.00. The van der Waals surface area contributed by atoms with E-state index in [1.54, 1.807) is 6.07 Å². The standard InChI is InChI=1S/C16H20FNO2/c1-16(2,3)11-6-8-18(9-7-11)14-5-4-12(17)10-13(14)15(19)20/h4-6,10H,7-9H2,1-3H3,(H,19,20). The largest absolute Gasteiger partial charge is 0.478 e. The molecule has 3 nitrogen and oxygen atoms in total. The van der Waals surface area contributed by atoms with Crippen molar-refractivity contribution in [2.24, 2.45) is 5.41 Å².